The maximum absolute atomic E-state index is 12.2. The van der Waals surface area contributed by atoms with Gasteiger partial charge in [0.2, 0.25) is 0 Å². The van der Waals surface area contributed by atoms with E-state index in [0.29, 0.717) is 16.5 Å². The second-order valence-electron chi connectivity index (χ2n) is 8.61. The van der Waals surface area contributed by atoms with Gasteiger partial charge in [0.05, 0.1) is 5.02 Å². The van der Waals surface area contributed by atoms with Crippen LogP contribution >= 0.6 is 11.6 Å². The van der Waals surface area contributed by atoms with Crippen LogP contribution in [0.4, 0.5) is 4.79 Å². The number of carbonyl (C=O) groups is 2. The Morgan fingerprint density at radius 1 is 1.29 bits per heavy atom. The van der Waals surface area contributed by atoms with E-state index in [4.69, 9.17) is 16.3 Å². The molecule has 2 aromatic rings. The van der Waals surface area contributed by atoms with Crippen molar-refractivity contribution in [3.63, 3.8) is 0 Å². The molecule has 0 unspecified atom stereocenters. The van der Waals surface area contributed by atoms with Crippen molar-refractivity contribution in [1.82, 2.24) is 9.47 Å². The van der Waals surface area contributed by atoms with Gasteiger partial charge >= 0.3 is 6.09 Å². The highest BCUT2D eigenvalue weighted by atomic mass is 35.5. The van der Waals surface area contributed by atoms with E-state index in [9.17, 15) is 9.59 Å². The fraction of sp³-hybridized carbons (Fsp3) is 0.545. The average molecular weight is 405 g/mol. The van der Waals surface area contributed by atoms with E-state index in [0.717, 1.165) is 62.5 Å². The number of aromatic nitrogens is 1. The Morgan fingerprint density at radius 3 is 2.64 bits per heavy atom. The number of aldehydes is 1. The molecule has 0 saturated carbocycles. The fourth-order valence-corrected chi connectivity index (χ4v) is 4.00. The molecular weight excluding hydrogens is 376 g/mol. The minimum absolute atomic E-state index is 0.198. The van der Waals surface area contributed by atoms with Gasteiger partial charge < -0.3 is 14.2 Å². The predicted molar refractivity (Wildman–Crippen MR) is 112 cm³/mol. The monoisotopic (exact) mass is 404 g/mol. The third-order valence-electron chi connectivity index (χ3n) is 5.29. The number of aryl methyl sites for hydroxylation is 1. The lowest BCUT2D eigenvalue weighted by atomic mass is 9.92. The number of benzene rings is 1. The van der Waals surface area contributed by atoms with Crippen molar-refractivity contribution in [2.24, 2.45) is 5.92 Å². The van der Waals surface area contributed by atoms with Gasteiger partial charge in [-0.3, -0.25) is 4.79 Å². The molecule has 0 aliphatic carbocycles. The summed E-state index contributed by atoms with van der Waals surface area (Å²) in [6.07, 6.45) is 6.93. The molecule has 2 heterocycles. The molecule has 0 atom stereocenters. The van der Waals surface area contributed by atoms with Crippen molar-refractivity contribution < 1.29 is 14.3 Å². The summed E-state index contributed by atoms with van der Waals surface area (Å²) in [6, 6.07) is 5.74. The maximum Gasteiger partial charge on any atom is 0.410 e. The van der Waals surface area contributed by atoms with Crippen molar-refractivity contribution >= 4 is 34.9 Å². The molecule has 1 aliphatic heterocycles. The van der Waals surface area contributed by atoms with Crippen LogP contribution in [-0.4, -0.2) is 40.5 Å². The molecule has 0 N–H and O–H groups in total. The molecule has 28 heavy (non-hydrogen) atoms. The lowest BCUT2D eigenvalue weighted by Crippen LogP contribution is -2.41. The minimum Gasteiger partial charge on any atom is -0.444 e. The average Bonchev–Trinajstić information content (AvgIpc) is 3.02. The normalized spacial score (nSPS) is 15.8. The molecule has 1 aliphatic rings. The zero-order chi connectivity index (χ0) is 20.3. The number of nitrogens with zero attached hydrogens (tertiary/aromatic N) is 2. The number of ether oxygens (including phenoxy) is 1. The minimum atomic E-state index is -0.442. The molecule has 1 aromatic heterocycles. The highest BCUT2D eigenvalue weighted by Crippen LogP contribution is 2.26. The standard InChI is InChI=1S/C22H29ClN2O3/c1-22(2,3)28-21(27)25-10-6-16(7-11-25)5-4-9-24-12-8-17-13-18(15-26)19(23)14-20(17)24/h8,12-16H,4-7,9-11H2,1-3H3. The van der Waals surface area contributed by atoms with E-state index in [1.54, 1.807) is 0 Å². The number of hydrogen-bond acceptors (Lipinski definition) is 3. The first-order valence-corrected chi connectivity index (χ1v) is 10.4. The first kappa shape index (κ1) is 20.7. The molecule has 1 saturated heterocycles. The van der Waals surface area contributed by atoms with Gasteiger partial charge in [-0.1, -0.05) is 11.6 Å². The van der Waals surface area contributed by atoms with Gasteiger partial charge in [-0.05, 0) is 70.6 Å². The van der Waals surface area contributed by atoms with Crippen molar-refractivity contribution in [3.8, 4) is 0 Å². The highest BCUT2D eigenvalue weighted by molar-refractivity contribution is 6.33. The highest BCUT2D eigenvalue weighted by Gasteiger charge is 2.26. The van der Waals surface area contributed by atoms with Crippen LogP contribution < -0.4 is 0 Å². The van der Waals surface area contributed by atoms with Gasteiger partial charge in [0, 0.05) is 42.3 Å². The summed E-state index contributed by atoms with van der Waals surface area (Å²) >= 11 is 6.18. The van der Waals surface area contributed by atoms with Gasteiger partial charge in [-0.15, -0.1) is 0 Å². The zero-order valence-corrected chi connectivity index (χ0v) is 17.7. The summed E-state index contributed by atoms with van der Waals surface area (Å²) in [4.78, 5) is 25.0. The number of carbonyl (C=O) groups excluding carboxylic acids is 2. The van der Waals surface area contributed by atoms with Gasteiger partial charge in [0.15, 0.2) is 6.29 Å². The Bertz CT molecular complexity index is 845. The van der Waals surface area contributed by atoms with Gasteiger partial charge in [-0.25, -0.2) is 4.79 Å². The molecule has 0 spiro atoms. The number of fused-ring (bicyclic) bond motifs is 1. The van der Waals surface area contributed by atoms with Gasteiger partial charge in [0.1, 0.15) is 5.60 Å². The van der Waals surface area contributed by atoms with Crippen LogP contribution in [0, 0.1) is 5.92 Å². The number of piperidine rings is 1. The molecule has 6 heteroatoms. The number of amides is 1. The maximum atomic E-state index is 12.2. The van der Waals surface area contributed by atoms with Crippen molar-refractivity contribution in [1.29, 1.82) is 0 Å². The van der Waals surface area contributed by atoms with Crippen LogP contribution in [0.5, 0.6) is 0 Å². The van der Waals surface area contributed by atoms with E-state index in [2.05, 4.69) is 10.8 Å². The lowest BCUT2D eigenvalue weighted by molar-refractivity contribution is 0.0180. The third-order valence-corrected chi connectivity index (χ3v) is 5.62. The van der Waals surface area contributed by atoms with Crippen molar-refractivity contribution in [2.45, 2.75) is 58.6 Å². The molecule has 1 fully saturated rings. The van der Waals surface area contributed by atoms with E-state index >= 15 is 0 Å². The number of likely N-dealkylation sites (tertiary alicyclic amines) is 1. The molecule has 1 aromatic carbocycles. The van der Waals surface area contributed by atoms with Crippen LogP contribution in [0.25, 0.3) is 10.9 Å². The SMILES string of the molecule is CC(C)(C)OC(=O)N1CCC(CCCn2ccc3cc(C=O)c(Cl)cc32)CC1. The predicted octanol–water partition coefficient (Wildman–Crippen LogP) is 5.53. The summed E-state index contributed by atoms with van der Waals surface area (Å²) in [5.74, 6) is 0.644. The lowest BCUT2D eigenvalue weighted by Gasteiger charge is -2.33. The Hall–Kier alpha value is -2.01. The second kappa shape index (κ2) is 8.56. The van der Waals surface area contributed by atoms with Crippen LogP contribution in [-0.2, 0) is 11.3 Å². The fourth-order valence-electron chi connectivity index (χ4n) is 3.80. The summed E-state index contributed by atoms with van der Waals surface area (Å²) in [5.41, 5.74) is 1.15. The smallest absolute Gasteiger partial charge is 0.410 e. The molecule has 1 amide bonds. The van der Waals surface area contributed by atoms with E-state index in [-0.39, 0.29) is 6.09 Å². The quantitative estimate of drug-likeness (QED) is 0.615. The molecule has 5 nitrogen and oxygen atoms in total. The molecule has 0 radical (unpaired) electrons. The summed E-state index contributed by atoms with van der Waals surface area (Å²) in [6.45, 7) is 8.17. The number of halogens is 1. The largest absolute Gasteiger partial charge is 0.444 e. The Kier molecular flexibility index (Phi) is 6.33. The topological polar surface area (TPSA) is 51.5 Å². The summed E-state index contributed by atoms with van der Waals surface area (Å²) < 4.78 is 7.66. The van der Waals surface area contributed by atoms with Crippen LogP contribution in [0.15, 0.2) is 24.4 Å². The zero-order valence-electron chi connectivity index (χ0n) is 16.9. The van der Waals surface area contributed by atoms with E-state index in [1.165, 1.54) is 0 Å². The van der Waals surface area contributed by atoms with Crippen LogP contribution in [0.1, 0.15) is 56.8 Å². The Balaban J connectivity index is 1.48. The van der Waals surface area contributed by atoms with Gasteiger partial charge in [0.25, 0.3) is 0 Å². The summed E-state index contributed by atoms with van der Waals surface area (Å²) in [5, 5.41) is 1.54. The number of hydrogen-bond donors (Lipinski definition) is 0. The van der Waals surface area contributed by atoms with Crippen molar-refractivity contribution in [3.05, 3.63) is 35.0 Å². The van der Waals surface area contributed by atoms with E-state index < -0.39 is 5.60 Å². The second-order valence-corrected chi connectivity index (χ2v) is 9.02. The van der Waals surface area contributed by atoms with Crippen LogP contribution in [0.2, 0.25) is 5.02 Å². The summed E-state index contributed by atoms with van der Waals surface area (Å²) in [7, 11) is 0. The van der Waals surface area contributed by atoms with Gasteiger partial charge in [-0.2, -0.15) is 0 Å². The Labute approximate surface area is 171 Å². The third kappa shape index (κ3) is 5.07. The molecule has 0 bridgehead atoms. The van der Waals surface area contributed by atoms with Crippen molar-refractivity contribution in [2.75, 3.05) is 13.1 Å². The first-order chi connectivity index (χ1) is 13.3. The Morgan fingerprint density at radius 2 is 2.00 bits per heavy atom. The molecule has 3 rings (SSSR count). The molecule has 152 valence electrons. The number of rotatable bonds is 5. The first-order valence-electron chi connectivity index (χ1n) is 9.98. The van der Waals surface area contributed by atoms with Crippen LogP contribution in [0.3, 0.4) is 0 Å². The van der Waals surface area contributed by atoms with E-state index in [1.807, 2.05) is 43.9 Å². The molecular formula is C22H29ClN2O3.